The average molecular weight is 464 g/mol. The fourth-order valence-electron chi connectivity index (χ4n) is 2.65. The lowest BCUT2D eigenvalue weighted by atomic mass is 10.0. The van der Waals surface area contributed by atoms with Gasteiger partial charge in [0.25, 0.3) is 0 Å². The number of hydrogen-bond acceptors (Lipinski definition) is 4. The molecule has 0 unspecified atom stereocenters. The van der Waals surface area contributed by atoms with Crippen molar-refractivity contribution in [2.24, 2.45) is 0 Å². The van der Waals surface area contributed by atoms with Crippen LogP contribution in [0.5, 0.6) is 0 Å². The number of aromatic nitrogens is 3. The molecule has 29 heavy (non-hydrogen) atoms. The molecule has 3 aromatic rings. The number of aryl methyl sites for hydroxylation is 1. The summed E-state index contributed by atoms with van der Waals surface area (Å²) in [6, 6.07) is 6.05. The topological polar surface area (TPSA) is 92.1 Å². The van der Waals surface area contributed by atoms with Gasteiger partial charge in [-0.15, -0.1) is 0 Å². The Labute approximate surface area is 176 Å². The molecule has 9 heteroatoms. The second kappa shape index (κ2) is 10.2. The highest BCUT2D eigenvalue weighted by Crippen LogP contribution is 2.26. The average Bonchev–Trinajstić information content (AvgIpc) is 2.93. The minimum absolute atomic E-state index is 0.344. The molecule has 154 valence electrons. The number of fused-ring (bicyclic) bond motifs is 1. The van der Waals surface area contributed by atoms with E-state index in [4.69, 9.17) is 5.11 Å². The normalized spacial score (nSPS) is 12.6. The maximum Gasteiger partial charge on any atom is 0.404 e. The van der Waals surface area contributed by atoms with Crippen molar-refractivity contribution in [2.75, 3.05) is 11.9 Å². The van der Waals surface area contributed by atoms with Crippen LogP contribution in [0.4, 0.5) is 20.8 Å². The van der Waals surface area contributed by atoms with Crippen LogP contribution in [0.2, 0.25) is 0 Å². The van der Waals surface area contributed by atoms with Gasteiger partial charge >= 0.3 is 6.09 Å². The molecule has 0 atom stereocenters. The Morgan fingerprint density at radius 1 is 1.28 bits per heavy atom. The molecular formula is C20H23BrFN5O2. The van der Waals surface area contributed by atoms with Crippen LogP contribution in [0.15, 0.2) is 41.1 Å². The van der Waals surface area contributed by atoms with Crippen LogP contribution < -0.4 is 10.6 Å². The van der Waals surface area contributed by atoms with E-state index in [9.17, 15) is 9.18 Å². The van der Waals surface area contributed by atoms with Gasteiger partial charge in [-0.1, -0.05) is 31.7 Å². The molecule has 0 radical (unpaired) electrons. The maximum absolute atomic E-state index is 13.3. The number of amides is 1. The van der Waals surface area contributed by atoms with Crippen molar-refractivity contribution in [3.63, 3.8) is 0 Å². The van der Waals surface area contributed by atoms with E-state index in [1.165, 1.54) is 37.8 Å². The van der Waals surface area contributed by atoms with E-state index in [-0.39, 0.29) is 5.82 Å². The van der Waals surface area contributed by atoms with E-state index in [1.807, 2.05) is 10.8 Å². The summed E-state index contributed by atoms with van der Waals surface area (Å²) in [7, 11) is 0. The summed E-state index contributed by atoms with van der Waals surface area (Å²) < 4.78 is 16.1. The summed E-state index contributed by atoms with van der Waals surface area (Å²) in [6.45, 7) is 0.949. The van der Waals surface area contributed by atoms with Crippen LogP contribution in [-0.2, 0) is 6.54 Å². The quantitative estimate of drug-likeness (QED) is 0.431. The van der Waals surface area contributed by atoms with Crippen molar-refractivity contribution >= 4 is 44.7 Å². The maximum atomic E-state index is 13.3. The molecule has 0 saturated heterocycles. The Bertz CT molecular complexity index is 971. The molecule has 1 aromatic carbocycles. The third-order valence-electron chi connectivity index (χ3n) is 4.50. The predicted octanol–water partition coefficient (Wildman–Crippen LogP) is 5.29. The Balaban J connectivity index is 0.000000536. The number of hydrogen-bond donors (Lipinski definition) is 3. The van der Waals surface area contributed by atoms with E-state index in [0.29, 0.717) is 36.8 Å². The first-order valence-electron chi connectivity index (χ1n) is 9.54. The summed E-state index contributed by atoms with van der Waals surface area (Å²) in [5.74, 6) is 0.0109. The standard InChI is InChI=1S/C16H15BrFN5O2.C4H8/c17-13-9-23(6-2-5-19-16(24)25)14-12(13)8-20-15(22-14)21-11-4-1-3-10(18)7-11;1-2-4-3-1/h1,3-4,7-9,19H,2,5-6H2,(H,24,25)(H,20,21,22);1-4H2. The number of nitrogens with one attached hydrogen (secondary N) is 2. The third kappa shape index (κ3) is 6.15. The fraction of sp³-hybridized carbons (Fsp3) is 0.350. The highest BCUT2D eigenvalue weighted by molar-refractivity contribution is 9.10. The van der Waals surface area contributed by atoms with Gasteiger partial charge in [-0.05, 0) is 40.5 Å². The molecule has 0 bridgehead atoms. The molecule has 1 aliphatic carbocycles. The molecule has 3 N–H and O–H groups in total. The molecule has 1 fully saturated rings. The first kappa shape index (κ1) is 21.0. The van der Waals surface area contributed by atoms with Crippen molar-refractivity contribution < 1.29 is 14.3 Å². The molecule has 7 nitrogen and oxygen atoms in total. The molecule has 1 saturated carbocycles. The molecular weight excluding hydrogens is 441 g/mol. The van der Waals surface area contributed by atoms with Gasteiger partial charge in [0.05, 0.1) is 5.39 Å². The van der Waals surface area contributed by atoms with Gasteiger partial charge in [-0.2, -0.15) is 4.98 Å². The summed E-state index contributed by atoms with van der Waals surface area (Å²) in [6.07, 6.45) is 9.15. The number of benzene rings is 1. The zero-order chi connectivity index (χ0) is 20.6. The molecule has 0 aliphatic heterocycles. The number of carbonyl (C=O) groups is 1. The van der Waals surface area contributed by atoms with Crippen LogP contribution in [0.3, 0.4) is 0 Å². The smallest absolute Gasteiger partial charge is 0.404 e. The minimum Gasteiger partial charge on any atom is -0.465 e. The largest absolute Gasteiger partial charge is 0.465 e. The van der Waals surface area contributed by atoms with Crippen molar-refractivity contribution in [1.82, 2.24) is 19.9 Å². The van der Waals surface area contributed by atoms with E-state index in [0.717, 1.165) is 9.86 Å². The molecule has 4 rings (SSSR count). The van der Waals surface area contributed by atoms with E-state index >= 15 is 0 Å². The van der Waals surface area contributed by atoms with Crippen molar-refractivity contribution in [1.29, 1.82) is 0 Å². The van der Waals surface area contributed by atoms with Gasteiger partial charge in [0.15, 0.2) is 0 Å². The van der Waals surface area contributed by atoms with Gasteiger partial charge in [0, 0.05) is 35.6 Å². The summed E-state index contributed by atoms with van der Waals surface area (Å²) in [5.41, 5.74) is 1.26. The number of halogens is 2. The second-order valence-electron chi connectivity index (χ2n) is 6.74. The van der Waals surface area contributed by atoms with Gasteiger partial charge in [0.2, 0.25) is 5.95 Å². The zero-order valence-electron chi connectivity index (χ0n) is 15.9. The second-order valence-corrected chi connectivity index (χ2v) is 7.59. The highest BCUT2D eigenvalue weighted by Gasteiger charge is 2.10. The third-order valence-corrected chi connectivity index (χ3v) is 5.13. The summed E-state index contributed by atoms with van der Waals surface area (Å²) in [4.78, 5) is 19.2. The lowest BCUT2D eigenvalue weighted by Gasteiger charge is -2.07. The van der Waals surface area contributed by atoms with Crippen LogP contribution in [0.25, 0.3) is 11.0 Å². The zero-order valence-corrected chi connectivity index (χ0v) is 17.5. The highest BCUT2D eigenvalue weighted by atomic mass is 79.9. The number of nitrogens with zero attached hydrogens (tertiary/aromatic N) is 3. The van der Waals surface area contributed by atoms with Crippen molar-refractivity contribution in [2.45, 2.75) is 38.6 Å². The minimum atomic E-state index is -1.04. The lowest BCUT2D eigenvalue weighted by Crippen LogP contribution is -2.22. The monoisotopic (exact) mass is 463 g/mol. The first-order valence-corrected chi connectivity index (χ1v) is 10.3. The van der Waals surface area contributed by atoms with Crippen LogP contribution in [0, 0.1) is 5.82 Å². The van der Waals surface area contributed by atoms with E-state index in [1.54, 1.807) is 18.3 Å². The van der Waals surface area contributed by atoms with Crippen LogP contribution in [-0.4, -0.2) is 32.3 Å². The van der Waals surface area contributed by atoms with Crippen LogP contribution >= 0.6 is 15.9 Å². The van der Waals surface area contributed by atoms with E-state index in [2.05, 4.69) is 36.5 Å². The Morgan fingerprint density at radius 3 is 2.69 bits per heavy atom. The lowest BCUT2D eigenvalue weighted by molar-refractivity contribution is 0.194. The summed E-state index contributed by atoms with van der Waals surface area (Å²) >= 11 is 3.47. The number of rotatable bonds is 6. The molecule has 2 aromatic heterocycles. The SMILES string of the molecule is C1CCC1.O=C(O)NCCCn1cc(Br)c2cnc(Nc3cccc(F)c3)nc21. The van der Waals surface area contributed by atoms with Gasteiger partial charge in [0.1, 0.15) is 11.5 Å². The van der Waals surface area contributed by atoms with Crippen molar-refractivity contribution in [3.05, 3.63) is 46.9 Å². The number of carboxylic acid groups (broad SMARTS) is 1. The molecule has 0 spiro atoms. The summed E-state index contributed by atoms with van der Waals surface area (Å²) in [5, 5.41) is 14.8. The van der Waals surface area contributed by atoms with E-state index < -0.39 is 6.09 Å². The number of anilines is 2. The van der Waals surface area contributed by atoms with Crippen molar-refractivity contribution in [3.8, 4) is 0 Å². The van der Waals surface area contributed by atoms with Gasteiger partial charge in [-0.25, -0.2) is 14.2 Å². The van der Waals surface area contributed by atoms with Gasteiger partial charge < -0.3 is 20.3 Å². The van der Waals surface area contributed by atoms with Crippen LogP contribution in [0.1, 0.15) is 32.1 Å². The predicted molar refractivity (Wildman–Crippen MR) is 114 cm³/mol. The molecule has 2 heterocycles. The Kier molecular flexibility index (Phi) is 7.40. The molecule has 1 aliphatic rings. The molecule has 1 amide bonds. The Morgan fingerprint density at radius 2 is 2.03 bits per heavy atom. The Hall–Kier alpha value is -2.68. The first-order chi connectivity index (χ1) is 14.0. The fourth-order valence-corrected chi connectivity index (χ4v) is 3.18. The van der Waals surface area contributed by atoms with Gasteiger partial charge in [-0.3, -0.25) is 0 Å².